The molecule has 1 aromatic rings. The van der Waals surface area contributed by atoms with Gasteiger partial charge in [-0.1, -0.05) is 44.2 Å². The molecule has 0 aliphatic rings. The van der Waals surface area contributed by atoms with E-state index in [2.05, 4.69) is 0 Å². The first-order valence-corrected chi connectivity index (χ1v) is 7.53. The lowest BCUT2D eigenvalue weighted by Gasteiger charge is -2.28. The quantitative estimate of drug-likeness (QED) is 0.587. The van der Waals surface area contributed by atoms with E-state index in [1.807, 2.05) is 48.8 Å². The van der Waals surface area contributed by atoms with E-state index in [0.717, 1.165) is 18.4 Å². The van der Waals surface area contributed by atoms with E-state index in [1.165, 1.54) is 0 Å². The smallest absolute Gasteiger partial charge is 0.192 e. The topological polar surface area (TPSA) is 20.3 Å². The van der Waals surface area contributed by atoms with Crippen LogP contribution < -0.4 is 5.30 Å². The largest absolute Gasteiger partial charge is 0.300 e. The summed E-state index contributed by atoms with van der Waals surface area (Å²) in [6.07, 6.45) is 0. The lowest BCUT2D eigenvalue weighted by atomic mass is 10.4. The van der Waals surface area contributed by atoms with Crippen LogP contribution in [0.4, 0.5) is 0 Å². The number of hydrogen-bond donors (Lipinski definition) is 0. The zero-order valence-electron chi connectivity index (χ0n) is 9.19. The van der Waals surface area contributed by atoms with Gasteiger partial charge in [0.05, 0.1) is 5.62 Å². The number of benzene rings is 1. The Labute approximate surface area is 96.7 Å². The van der Waals surface area contributed by atoms with Crippen molar-refractivity contribution in [2.24, 2.45) is 0 Å². The van der Waals surface area contributed by atoms with Crippen molar-refractivity contribution < 1.29 is 4.57 Å². The average molecular weight is 246 g/mol. The second-order valence-electron chi connectivity index (χ2n) is 3.30. The van der Waals surface area contributed by atoms with Crippen LogP contribution in [0.1, 0.15) is 13.8 Å². The molecular formula is C11H17ClNOP. The van der Waals surface area contributed by atoms with Crippen LogP contribution in [-0.2, 0) is 4.57 Å². The van der Waals surface area contributed by atoms with Crippen molar-refractivity contribution >= 4 is 24.2 Å². The molecule has 0 amide bonds. The molecule has 0 saturated carbocycles. The molecule has 1 rings (SSSR count). The zero-order chi connectivity index (χ0) is 11.3. The fourth-order valence-electron chi connectivity index (χ4n) is 1.65. The summed E-state index contributed by atoms with van der Waals surface area (Å²) in [6, 6.07) is 9.50. The Morgan fingerprint density at radius 2 is 1.73 bits per heavy atom. The average Bonchev–Trinajstić information content (AvgIpc) is 2.31. The Bertz CT molecular complexity index is 338. The molecule has 0 aliphatic carbocycles. The normalized spacial score (nSPS) is 15.2. The van der Waals surface area contributed by atoms with Crippen LogP contribution in [-0.4, -0.2) is 23.4 Å². The summed E-state index contributed by atoms with van der Waals surface area (Å²) < 4.78 is 14.7. The molecule has 0 N–H and O–H groups in total. The van der Waals surface area contributed by atoms with Gasteiger partial charge < -0.3 is 4.57 Å². The van der Waals surface area contributed by atoms with Gasteiger partial charge in [0.25, 0.3) is 0 Å². The first kappa shape index (κ1) is 12.8. The lowest BCUT2D eigenvalue weighted by Crippen LogP contribution is -2.26. The minimum Gasteiger partial charge on any atom is -0.300 e. The predicted octanol–water partition coefficient (Wildman–Crippen LogP) is 3.13. The molecule has 84 valence electrons. The maximum absolute atomic E-state index is 12.7. The molecule has 1 atom stereocenters. The highest BCUT2D eigenvalue weighted by molar-refractivity contribution is 7.70. The molecule has 0 aliphatic heterocycles. The van der Waals surface area contributed by atoms with Crippen LogP contribution in [0.3, 0.4) is 0 Å². The van der Waals surface area contributed by atoms with Gasteiger partial charge in [-0.3, -0.25) is 0 Å². The van der Waals surface area contributed by atoms with Crippen LogP contribution in [0.2, 0.25) is 0 Å². The fourth-order valence-corrected chi connectivity index (χ4v) is 4.68. The SMILES string of the molecule is CCN(CC)P(=O)(CCl)c1ccccc1. The molecule has 15 heavy (non-hydrogen) atoms. The lowest BCUT2D eigenvalue weighted by molar-refractivity contribution is 0.454. The van der Waals surface area contributed by atoms with Gasteiger partial charge in [0.1, 0.15) is 0 Å². The van der Waals surface area contributed by atoms with Gasteiger partial charge in [-0.2, -0.15) is 0 Å². The van der Waals surface area contributed by atoms with E-state index in [9.17, 15) is 4.57 Å². The van der Waals surface area contributed by atoms with E-state index < -0.39 is 7.29 Å². The highest BCUT2D eigenvalue weighted by atomic mass is 35.5. The Morgan fingerprint density at radius 3 is 2.13 bits per heavy atom. The highest BCUT2D eigenvalue weighted by Gasteiger charge is 2.29. The third kappa shape index (κ3) is 2.63. The van der Waals surface area contributed by atoms with Crippen LogP contribution >= 0.6 is 18.9 Å². The van der Waals surface area contributed by atoms with Crippen molar-refractivity contribution in [3.8, 4) is 0 Å². The maximum Gasteiger partial charge on any atom is 0.192 e. The van der Waals surface area contributed by atoms with Gasteiger partial charge in [-0.15, -0.1) is 11.6 Å². The van der Waals surface area contributed by atoms with E-state index >= 15 is 0 Å². The molecule has 1 aromatic carbocycles. The van der Waals surface area contributed by atoms with Gasteiger partial charge in [0.2, 0.25) is 0 Å². The molecule has 1 unspecified atom stereocenters. The minimum absolute atomic E-state index is 0.179. The number of nitrogens with zero attached hydrogens (tertiary/aromatic N) is 1. The van der Waals surface area contributed by atoms with Gasteiger partial charge >= 0.3 is 0 Å². The minimum atomic E-state index is -2.56. The van der Waals surface area contributed by atoms with Crippen molar-refractivity contribution in [3.05, 3.63) is 30.3 Å². The maximum atomic E-state index is 12.7. The Hall–Kier alpha value is -0.300. The molecular weight excluding hydrogens is 229 g/mol. The molecule has 0 aromatic heterocycles. The van der Waals surface area contributed by atoms with Gasteiger partial charge in [0, 0.05) is 18.4 Å². The molecule has 0 bridgehead atoms. The first-order chi connectivity index (χ1) is 7.19. The van der Waals surface area contributed by atoms with E-state index in [4.69, 9.17) is 11.6 Å². The molecule has 4 heteroatoms. The number of alkyl halides is 1. The van der Waals surface area contributed by atoms with Crippen molar-refractivity contribution in [3.63, 3.8) is 0 Å². The van der Waals surface area contributed by atoms with Crippen LogP contribution in [0.5, 0.6) is 0 Å². The standard InChI is InChI=1S/C11H17ClNOP/c1-3-13(4-2)15(14,10-12)11-8-6-5-7-9-11/h5-9H,3-4,10H2,1-2H3. The number of rotatable bonds is 5. The second-order valence-corrected chi connectivity index (χ2v) is 6.74. The van der Waals surface area contributed by atoms with Crippen molar-refractivity contribution in [2.45, 2.75) is 13.8 Å². The summed E-state index contributed by atoms with van der Waals surface area (Å²) >= 11 is 5.89. The predicted molar refractivity (Wildman–Crippen MR) is 67.3 cm³/mol. The fraction of sp³-hybridized carbons (Fsp3) is 0.455. The highest BCUT2D eigenvalue weighted by Crippen LogP contribution is 2.48. The van der Waals surface area contributed by atoms with Gasteiger partial charge in [-0.05, 0) is 0 Å². The van der Waals surface area contributed by atoms with E-state index in [-0.39, 0.29) is 5.62 Å². The number of hydrogen-bond acceptors (Lipinski definition) is 1. The third-order valence-electron chi connectivity index (χ3n) is 2.51. The summed E-state index contributed by atoms with van der Waals surface area (Å²) in [7, 11) is -2.56. The first-order valence-electron chi connectivity index (χ1n) is 5.15. The van der Waals surface area contributed by atoms with Crippen molar-refractivity contribution in [1.29, 1.82) is 0 Å². The number of halogens is 1. The summed E-state index contributed by atoms with van der Waals surface area (Å²) in [6.45, 7) is 5.53. The molecule has 0 spiro atoms. The summed E-state index contributed by atoms with van der Waals surface area (Å²) in [5, 5.41) is 0.851. The van der Waals surface area contributed by atoms with E-state index in [0.29, 0.717) is 0 Å². The molecule has 0 saturated heterocycles. The van der Waals surface area contributed by atoms with Crippen molar-refractivity contribution in [2.75, 3.05) is 18.7 Å². The molecule has 0 fully saturated rings. The van der Waals surface area contributed by atoms with Gasteiger partial charge in [-0.25, -0.2) is 4.67 Å². The van der Waals surface area contributed by atoms with Crippen LogP contribution in [0.25, 0.3) is 0 Å². The Balaban J connectivity index is 3.10. The van der Waals surface area contributed by atoms with Crippen molar-refractivity contribution in [1.82, 2.24) is 4.67 Å². The van der Waals surface area contributed by atoms with Crippen LogP contribution in [0.15, 0.2) is 30.3 Å². The van der Waals surface area contributed by atoms with E-state index in [1.54, 1.807) is 0 Å². The Kier molecular flexibility index (Phi) is 4.85. The monoisotopic (exact) mass is 245 g/mol. The zero-order valence-corrected chi connectivity index (χ0v) is 10.8. The summed E-state index contributed by atoms with van der Waals surface area (Å²) in [4.78, 5) is 0. The summed E-state index contributed by atoms with van der Waals surface area (Å²) in [5.74, 6) is 0. The van der Waals surface area contributed by atoms with Gasteiger partial charge in [0.15, 0.2) is 7.29 Å². The molecule has 2 nitrogen and oxygen atoms in total. The Morgan fingerprint density at radius 1 is 1.20 bits per heavy atom. The molecule has 0 radical (unpaired) electrons. The summed E-state index contributed by atoms with van der Waals surface area (Å²) in [5.41, 5.74) is 0.179. The molecule has 0 heterocycles. The van der Waals surface area contributed by atoms with Crippen LogP contribution in [0, 0.1) is 0 Å². The second kappa shape index (κ2) is 5.69. The third-order valence-corrected chi connectivity index (χ3v) is 6.39.